The Morgan fingerprint density at radius 2 is 2.25 bits per heavy atom. The molecule has 2 atom stereocenters. The Hall–Kier alpha value is -0.0400. The van der Waals surface area contributed by atoms with Gasteiger partial charge in [0.15, 0.2) is 0 Å². The molecule has 0 aliphatic carbocycles. The summed E-state index contributed by atoms with van der Waals surface area (Å²) < 4.78 is 0. The Kier molecular flexibility index (Phi) is 4.67. The van der Waals surface area contributed by atoms with E-state index in [4.69, 9.17) is 0 Å². The van der Waals surface area contributed by atoms with Crippen molar-refractivity contribution in [1.82, 2.24) is 5.32 Å². The number of nitrogens with one attached hydrogen (secondary N) is 1. The van der Waals surface area contributed by atoms with Gasteiger partial charge < -0.3 is 5.32 Å². The van der Waals surface area contributed by atoms with E-state index in [9.17, 15) is 0 Å². The van der Waals surface area contributed by atoms with Crippen molar-refractivity contribution in [2.75, 3.05) is 13.1 Å². The Morgan fingerprint density at radius 1 is 1.42 bits per heavy atom. The summed E-state index contributed by atoms with van der Waals surface area (Å²) in [4.78, 5) is 0. The van der Waals surface area contributed by atoms with Crippen LogP contribution in [0.3, 0.4) is 0 Å². The van der Waals surface area contributed by atoms with Crippen LogP contribution in [0, 0.1) is 11.8 Å². The van der Waals surface area contributed by atoms with Crippen molar-refractivity contribution in [2.24, 2.45) is 11.8 Å². The van der Waals surface area contributed by atoms with Gasteiger partial charge in [0, 0.05) is 0 Å². The summed E-state index contributed by atoms with van der Waals surface area (Å²) in [5, 5.41) is 3.53. The van der Waals surface area contributed by atoms with E-state index in [-0.39, 0.29) is 0 Å². The molecular formula is C11H23N. The van der Waals surface area contributed by atoms with Crippen molar-refractivity contribution in [3.8, 4) is 0 Å². The van der Waals surface area contributed by atoms with E-state index < -0.39 is 0 Å². The first-order valence-corrected chi connectivity index (χ1v) is 5.53. The van der Waals surface area contributed by atoms with Gasteiger partial charge in [0.2, 0.25) is 0 Å². The third-order valence-corrected chi connectivity index (χ3v) is 3.08. The SMILES string of the molecule is CCC(C)CC1CCCCNC1. The molecule has 12 heavy (non-hydrogen) atoms. The molecular weight excluding hydrogens is 146 g/mol. The van der Waals surface area contributed by atoms with Crippen molar-refractivity contribution in [3.63, 3.8) is 0 Å². The molecule has 2 unspecified atom stereocenters. The van der Waals surface area contributed by atoms with Crippen LogP contribution in [0.4, 0.5) is 0 Å². The first-order valence-electron chi connectivity index (χ1n) is 5.53. The van der Waals surface area contributed by atoms with Gasteiger partial charge in [0.05, 0.1) is 0 Å². The highest BCUT2D eigenvalue weighted by molar-refractivity contribution is 4.69. The largest absolute Gasteiger partial charge is 0.316 e. The molecule has 0 radical (unpaired) electrons. The van der Waals surface area contributed by atoms with Crippen LogP contribution in [0.25, 0.3) is 0 Å². The molecule has 0 saturated carbocycles. The lowest BCUT2D eigenvalue weighted by Crippen LogP contribution is -2.21. The molecule has 1 aliphatic rings. The molecule has 1 heterocycles. The van der Waals surface area contributed by atoms with Gasteiger partial charge in [-0.1, -0.05) is 26.7 Å². The lowest BCUT2D eigenvalue weighted by molar-refractivity contribution is 0.362. The van der Waals surface area contributed by atoms with Crippen LogP contribution in [0.2, 0.25) is 0 Å². The highest BCUT2D eigenvalue weighted by atomic mass is 14.9. The Balaban J connectivity index is 2.20. The minimum Gasteiger partial charge on any atom is -0.316 e. The van der Waals surface area contributed by atoms with E-state index in [1.54, 1.807) is 0 Å². The molecule has 1 fully saturated rings. The minimum atomic E-state index is 0.926. The van der Waals surface area contributed by atoms with Crippen LogP contribution in [0.5, 0.6) is 0 Å². The minimum absolute atomic E-state index is 0.926. The molecule has 1 rings (SSSR count). The third kappa shape index (κ3) is 3.57. The zero-order valence-electron chi connectivity index (χ0n) is 8.60. The molecule has 72 valence electrons. The summed E-state index contributed by atoms with van der Waals surface area (Å²) in [7, 11) is 0. The predicted molar refractivity (Wildman–Crippen MR) is 54.3 cm³/mol. The van der Waals surface area contributed by atoms with Crippen molar-refractivity contribution >= 4 is 0 Å². The molecule has 0 aromatic carbocycles. The van der Waals surface area contributed by atoms with Gasteiger partial charge in [0.1, 0.15) is 0 Å². The second kappa shape index (κ2) is 5.58. The van der Waals surface area contributed by atoms with E-state index in [1.165, 1.54) is 45.2 Å². The fourth-order valence-electron chi connectivity index (χ4n) is 2.03. The summed E-state index contributed by atoms with van der Waals surface area (Å²) in [5.41, 5.74) is 0. The van der Waals surface area contributed by atoms with Crippen LogP contribution < -0.4 is 5.32 Å². The van der Waals surface area contributed by atoms with Crippen molar-refractivity contribution < 1.29 is 0 Å². The Bertz CT molecular complexity index is 104. The van der Waals surface area contributed by atoms with Crippen LogP contribution in [0.15, 0.2) is 0 Å². The number of hydrogen-bond donors (Lipinski definition) is 1. The zero-order valence-corrected chi connectivity index (χ0v) is 8.60. The van der Waals surface area contributed by atoms with E-state index in [0.29, 0.717) is 0 Å². The first-order chi connectivity index (χ1) is 5.83. The molecule has 1 aliphatic heterocycles. The van der Waals surface area contributed by atoms with Crippen LogP contribution in [-0.2, 0) is 0 Å². The van der Waals surface area contributed by atoms with Crippen LogP contribution >= 0.6 is 0 Å². The molecule has 0 aromatic heterocycles. The van der Waals surface area contributed by atoms with E-state index >= 15 is 0 Å². The van der Waals surface area contributed by atoms with Crippen molar-refractivity contribution in [3.05, 3.63) is 0 Å². The molecule has 0 amide bonds. The molecule has 0 spiro atoms. The fourth-order valence-corrected chi connectivity index (χ4v) is 2.03. The maximum Gasteiger partial charge on any atom is -0.00204 e. The zero-order chi connectivity index (χ0) is 8.81. The molecule has 0 bridgehead atoms. The Morgan fingerprint density at radius 3 is 3.00 bits per heavy atom. The van der Waals surface area contributed by atoms with Gasteiger partial charge in [0.25, 0.3) is 0 Å². The summed E-state index contributed by atoms with van der Waals surface area (Å²) in [6.45, 7) is 7.20. The average molecular weight is 169 g/mol. The highest BCUT2D eigenvalue weighted by Gasteiger charge is 2.13. The second-order valence-electron chi connectivity index (χ2n) is 4.32. The monoisotopic (exact) mass is 169 g/mol. The summed E-state index contributed by atoms with van der Waals surface area (Å²) >= 11 is 0. The lowest BCUT2D eigenvalue weighted by Gasteiger charge is -2.17. The average Bonchev–Trinajstić information content (AvgIpc) is 2.33. The maximum absolute atomic E-state index is 3.53. The smallest absolute Gasteiger partial charge is 0.00204 e. The first kappa shape index (κ1) is 10.0. The van der Waals surface area contributed by atoms with Gasteiger partial charge in [-0.15, -0.1) is 0 Å². The quantitative estimate of drug-likeness (QED) is 0.685. The molecule has 1 nitrogen and oxygen atoms in total. The normalized spacial score (nSPS) is 28.0. The van der Waals surface area contributed by atoms with Crippen LogP contribution in [-0.4, -0.2) is 13.1 Å². The van der Waals surface area contributed by atoms with Crippen molar-refractivity contribution in [2.45, 2.75) is 46.0 Å². The maximum atomic E-state index is 3.53. The summed E-state index contributed by atoms with van der Waals surface area (Å²) in [6, 6.07) is 0. The third-order valence-electron chi connectivity index (χ3n) is 3.08. The highest BCUT2D eigenvalue weighted by Crippen LogP contribution is 2.21. The molecule has 0 aromatic rings. The standard InChI is InChI=1S/C11H23N/c1-3-10(2)8-11-6-4-5-7-12-9-11/h10-12H,3-9H2,1-2H3. The Labute approximate surface area is 76.9 Å². The lowest BCUT2D eigenvalue weighted by atomic mass is 9.91. The molecule has 1 saturated heterocycles. The van der Waals surface area contributed by atoms with E-state index in [2.05, 4.69) is 19.2 Å². The molecule has 1 N–H and O–H groups in total. The fraction of sp³-hybridized carbons (Fsp3) is 1.00. The van der Waals surface area contributed by atoms with E-state index in [0.717, 1.165) is 11.8 Å². The van der Waals surface area contributed by atoms with Crippen molar-refractivity contribution in [1.29, 1.82) is 0 Å². The summed E-state index contributed by atoms with van der Waals surface area (Å²) in [5.74, 6) is 1.89. The topological polar surface area (TPSA) is 12.0 Å². The van der Waals surface area contributed by atoms with Gasteiger partial charge >= 0.3 is 0 Å². The summed E-state index contributed by atoms with van der Waals surface area (Å²) in [6.07, 6.45) is 7.06. The molecule has 1 heteroatoms. The number of hydrogen-bond acceptors (Lipinski definition) is 1. The van der Waals surface area contributed by atoms with Gasteiger partial charge in [-0.05, 0) is 44.2 Å². The van der Waals surface area contributed by atoms with Gasteiger partial charge in [-0.2, -0.15) is 0 Å². The van der Waals surface area contributed by atoms with Crippen LogP contribution in [0.1, 0.15) is 46.0 Å². The van der Waals surface area contributed by atoms with Gasteiger partial charge in [-0.25, -0.2) is 0 Å². The van der Waals surface area contributed by atoms with E-state index in [1.807, 2.05) is 0 Å². The predicted octanol–water partition coefficient (Wildman–Crippen LogP) is 2.81. The van der Waals surface area contributed by atoms with Gasteiger partial charge in [-0.3, -0.25) is 0 Å². The number of rotatable bonds is 3. The second-order valence-corrected chi connectivity index (χ2v) is 4.32.